The summed E-state index contributed by atoms with van der Waals surface area (Å²) < 4.78 is 10.8. The Morgan fingerprint density at radius 2 is 1.61 bits per heavy atom. The smallest absolute Gasteiger partial charge is 0.0899 e. The first-order valence-corrected chi connectivity index (χ1v) is 6.88. The third-order valence-corrected chi connectivity index (χ3v) is 2.99. The van der Waals surface area contributed by atoms with Crippen LogP contribution < -0.4 is 0 Å². The first-order chi connectivity index (χ1) is 8.85. The number of ether oxygens (including phenoxy) is 2. The lowest BCUT2D eigenvalue weighted by Gasteiger charge is -2.16. The van der Waals surface area contributed by atoms with E-state index in [0.29, 0.717) is 39.1 Å². The summed E-state index contributed by atoms with van der Waals surface area (Å²) in [6.45, 7) is 1.21. The molecule has 18 heavy (non-hydrogen) atoms. The highest BCUT2D eigenvalue weighted by Crippen LogP contribution is 2.08. The molecule has 0 N–H and O–H groups in total. The Bertz CT molecular complexity index is 295. The van der Waals surface area contributed by atoms with Gasteiger partial charge in [-0.3, -0.25) is 0 Å². The lowest BCUT2D eigenvalue weighted by molar-refractivity contribution is -0.000546. The van der Waals surface area contributed by atoms with Crippen molar-refractivity contribution < 1.29 is 9.47 Å². The van der Waals surface area contributed by atoms with E-state index in [1.54, 1.807) is 11.8 Å². The average molecular weight is 267 g/mol. The molecule has 5 nitrogen and oxygen atoms in total. The van der Waals surface area contributed by atoms with E-state index in [2.05, 4.69) is 6.07 Å². The molecule has 0 amide bonds. The minimum atomic E-state index is -0.0827. The molecule has 0 aliphatic rings. The predicted octanol–water partition coefficient (Wildman–Crippen LogP) is 1.86. The van der Waals surface area contributed by atoms with Gasteiger partial charge in [-0.25, -0.2) is 0 Å². The minimum Gasteiger partial charge on any atom is -0.378 e. The SMILES string of the molecule is N#CCCOCC(CSCCC#N)OCCC#N. The van der Waals surface area contributed by atoms with Crippen molar-refractivity contribution in [3.8, 4) is 18.2 Å². The van der Waals surface area contributed by atoms with Crippen molar-refractivity contribution in [3.63, 3.8) is 0 Å². The van der Waals surface area contributed by atoms with Crippen LogP contribution in [0.2, 0.25) is 0 Å². The predicted molar refractivity (Wildman–Crippen MR) is 68.6 cm³/mol. The van der Waals surface area contributed by atoms with Crippen LogP contribution in [0.1, 0.15) is 19.3 Å². The Hall–Kier alpha value is -1.26. The van der Waals surface area contributed by atoms with Crippen LogP contribution in [0.25, 0.3) is 0 Å². The molecule has 0 aromatic carbocycles. The van der Waals surface area contributed by atoms with Crippen LogP contribution in [-0.2, 0) is 9.47 Å². The summed E-state index contributed by atoms with van der Waals surface area (Å²) in [5.41, 5.74) is 0. The Labute approximate surface area is 112 Å². The highest BCUT2D eigenvalue weighted by Gasteiger charge is 2.09. The molecule has 0 spiro atoms. The maximum atomic E-state index is 8.43. The summed E-state index contributed by atoms with van der Waals surface area (Å²) in [5, 5.41) is 25.2. The van der Waals surface area contributed by atoms with Crippen LogP contribution >= 0.6 is 11.8 Å². The molecule has 0 rings (SSSR count). The zero-order chi connectivity index (χ0) is 13.5. The van der Waals surface area contributed by atoms with Crippen molar-refractivity contribution >= 4 is 11.8 Å². The van der Waals surface area contributed by atoms with Crippen LogP contribution in [0.5, 0.6) is 0 Å². The molecule has 0 aliphatic carbocycles. The molecule has 0 radical (unpaired) electrons. The van der Waals surface area contributed by atoms with E-state index in [0.717, 1.165) is 11.5 Å². The fourth-order valence-corrected chi connectivity index (χ4v) is 1.94. The number of thioether (sulfide) groups is 1. The van der Waals surface area contributed by atoms with Gasteiger partial charge in [-0.15, -0.1) is 0 Å². The molecule has 1 unspecified atom stereocenters. The van der Waals surface area contributed by atoms with Crippen molar-refractivity contribution in [2.24, 2.45) is 0 Å². The zero-order valence-electron chi connectivity index (χ0n) is 10.3. The Balaban J connectivity index is 3.74. The van der Waals surface area contributed by atoms with Crippen LogP contribution in [0.3, 0.4) is 0 Å². The van der Waals surface area contributed by atoms with Crippen LogP contribution in [0, 0.1) is 34.0 Å². The van der Waals surface area contributed by atoms with E-state index in [-0.39, 0.29) is 6.10 Å². The topological polar surface area (TPSA) is 89.8 Å². The highest BCUT2D eigenvalue weighted by atomic mass is 32.2. The van der Waals surface area contributed by atoms with Crippen LogP contribution in [-0.4, -0.2) is 37.4 Å². The van der Waals surface area contributed by atoms with Crippen molar-refractivity contribution in [2.45, 2.75) is 25.4 Å². The molecule has 0 saturated carbocycles. The van der Waals surface area contributed by atoms with Gasteiger partial charge in [0.25, 0.3) is 0 Å². The van der Waals surface area contributed by atoms with E-state index in [1.165, 1.54) is 0 Å². The lowest BCUT2D eigenvalue weighted by Crippen LogP contribution is -2.23. The van der Waals surface area contributed by atoms with Gasteiger partial charge >= 0.3 is 0 Å². The number of hydrogen-bond acceptors (Lipinski definition) is 6. The molecule has 6 heteroatoms. The van der Waals surface area contributed by atoms with Crippen LogP contribution in [0.15, 0.2) is 0 Å². The van der Waals surface area contributed by atoms with Crippen LogP contribution in [0.4, 0.5) is 0 Å². The highest BCUT2D eigenvalue weighted by molar-refractivity contribution is 7.99. The summed E-state index contributed by atoms with van der Waals surface area (Å²) in [6, 6.07) is 6.10. The monoisotopic (exact) mass is 267 g/mol. The third kappa shape index (κ3) is 11.2. The number of nitriles is 3. The number of hydrogen-bond donors (Lipinski definition) is 0. The second-order valence-electron chi connectivity index (χ2n) is 3.37. The van der Waals surface area contributed by atoms with Gasteiger partial charge in [0.2, 0.25) is 0 Å². The van der Waals surface area contributed by atoms with Crippen molar-refractivity contribution in [3.05, 3.63) is 0 Å². The lowest BCUT2D eigenvalue weighted by atomic mass is 10.4. The van der Waals surface area contributed by atoms with E-state index in [4.69, 9.17) is 25.3 Å². The Morgan fingerprint density at radius 3 is 2.28 bits per heavy atom. The van der Waals surface area contributed by atoms with Crippen molar-refractivity contribution in [1.29, 1.82) is 15.8 Å². The molecule has 0 fully saturated rings. The van der Waals surface area contributed by atoms with Gasteiger partial charge in [-0.2, -0.15) is 27.5 Å². The molecule has 0 aromatic rings. The largest absolute Gasteiger partial charge is 0.378 e. The molecule has 0 bridgehead atoms. The fourth-order valence-electron chi connectivity index (χ4n) is 1.08. The number of nitrogens with zero attached hydrogens (tertiary/aromatic N) is 3. The molecule has 1 atom stereocenters. The molecule has 0 saturated heterocycles. The van der Waals surface area contributed by atoms with E-state index < -0.39 is 0 Å². The first-order valence-electron chi connectivity index (χ1n) is 5.73. The van der Waals surface area contributed by atoms with Crippen molar-refractivity contribution in [2.75, 3.05) is 31.3 Å². The van der Waals surface area contributed by atoms with E-state index in [1.807, 2.05) is 12.1 Å². The normalized spacial score (nSPS) is 11.2. The number of rotatable bonds is 11. The van der Waals surface area contributed by atoms with Gasteiger partial charge in [0, 0.05) is 17.9 Å². The fraction of sp³-hybridized carbons (Fsp3) is 0.750. The maximum absolute atomic E-state index is 8.43. The Morgan fingerprint density at radius 1 is 0.944 bits per heavy atom. The van der Waals surface area contributed by atoms with Gasteiger partial charge in [0.1, 0.15) is 0 Å². The summed E-state index contributed by atoms with van der Waals surface area (Å²) in [4.78, 5) is 0. The molecule has 0 heterocycles. The second kappa shape index (κ2) is 13.8. The summed E-state index contributed by atoms with van der Waals surface area (Å²) >= 11 is 1.63. The zero-order valence-corrected chi connectivity index (χ0v) is 11.1. The van der Waals surface area contributed by atoms with Gasteiger partial charge in [-0.05, 0) is 0 Å². The molecular formula is C12H17N3O2S. The van der Waals surface area contributed by atoms with Gasteiger partial charge in [0.15, 0.2) is 0 Å². The third-order valence-electron chi connectivity index (χ3n) is 1.89. The molecule has 98 valence electrons. The summed E-state index contributed by atoms with van der Waals surface area (Å²) in [6.07, 6.45) is 1.16. The molecule has 0 aromatic heterocycles. The van der Waals surface area contributed by atoms with Gasteiger partial charge in [0.05, 0.1) is 57.0 Å². The molecule has 0 aliphatic heterocycles. The van der Waals surface area contributed by atoms with Crippen molar-refractivity contribution in [1.82, 2.24) is 0 Å². The van der Waals surface area contributed by atoms with Gasteiger partial charge in [-0.1, -0.05) is 0 Å². The summed E-state index contributed by atoms with van der Waals surface area (Å²) in [7, 11) is 0. The first kappa shape index (κ1) is 16.7. The summed E-state index contributed by atoms with van der Waals surface area (Å²) in [5.74, 6) is 1.51. The standard InChI is InChI=1S/C12H17N3O2S/c13-4-1-7-16-10-12(17-8-2-5-14)11-18-9-3-6-15/h12H,1-3,7-11H2. The average Bonchev–Trinajstić information content (AvgIpc) is 2.39. The maximum Gasteiger partial charge on any atom is 0.0899 e. The van der Waals surface area contributed by atoms with E-state index in [9.17, 15) is 0 Å². The van der Waals surface area contributed by atoms with E-state index >= 15 is 0 Å². The second-order valence-corrected chi connectivity index (χ2v) is 4.52. The molecular weight excluding hydrogens is 250 g/mol. The quantitative estimate of drug-likeness (QED) is 0.531. The van der Waals surface area contributed by atoms with Gasteiger partial charge < -0.3 is 9.47 Å². The Kier molecular flexibility index (Phi) is 12.8. The minimum absolute atomic E-state index is 0.0827.